The molecule has 3 heterocycles. The Kier molecular flexibility index (Phi) is 35.8. The summed E-state index contributed by atoms with van der Waals surface area (Å²) in [6, 6.07) is 11.2. The number of nitrogens with zero attached hydrogens (tertiary/aromatic N) is 5. The Morgan fingerprint density at radius 3 is 1.64 bits per heavy atom. The molecule has 3 unspecified atom stereocenters. The predicted octanol–water partition coefficient (Wildman–Crippen LogP) is 7.87. The molecule has 104 heavy (non-hydrogen) atoms. The minimum Gasteiger partial charge on any atom is -0.386 e. The van der Waals surface area contributed by atoms with Crippen LogP contribution < -0.4 is 31.9 Å². The predicted molar refractivity (Wildman–Crippen MR) is 406 cm³/mol. The first-order valence-electron chi connectivity index (χ1n) is 37.8. The normalized spacial score (nSPS) is 19.8. The number of aliphatic hydroxyl groups is 1. The van der Waals surface area contributed by atoms with Crippen LogP contribution in [-0.4, -0.2) is 218 Å². The molecule has 0 bridgehead atoms. The maximum Gasteiger partial charge on any atom is 0.245 e. The first-order valence-corrected chi connectivity index (χ1v) is 38.7. The number of hydrogen-bond donors (Lipinski definition) is 7. The fourth-order valence-corrected chi connectivity index (χ4v) is 15.9. The highest BCUT2D eigenvalue weighted by Gasteiger charge is 2.47. The van der Waals surface area contributed by atoms with Gasteiger partial charge in [0.25, 0.3) is 0 Å². The minimum atomic E-state index is -0.923. The number of amides is 8. The molecule has 1 aromatic heterocycles. The second kappa shape index (κ2) is 42.2. The second-order valence-electron chi connectivity index (χ2n) is 30.6. The van der Waals surface area contributed by atoms with E-state index in [1.807, 2.05) is 144 Å². The second-order valence-corrected chi connectivity index (χ2v) is 31.5. The molecule has 584 valence electrons. The lowest BCUT2D eigenvalue weighted by molar-refractivity contribution is -0.156. The van der Waals surface area contributed by atoms with E-state index in [1.54, 1.807) is 75.2 Å². The Balaban J connectivity index is 1.25. The highest BCUT2D eigenvalue weighted by molar-refractivity contribution is 7.09. The number of methoxy groups -OCH3 is 4. The van der Waals surface area contributed by atoms with Crippen molar-refractivity contribution in [2.75, 3.05) is 62.7 Å². The van der Waals surface area contributed by atoms with Gasteiger partial charge in [0.1, 0.15) is 17.1 Å². The molecule has 0 aliphatic carbocycles. The molecule has 24 nitrogen and oxygen atoms in total. The molecule has 8 amide bonds. The standard InChI is InChI=1S/C79H129N11O13S/c1-23-49(11)67(86-76(97)65(46(5)6)84-75(96)64(80-16)45(3)4)60(100-19)42-62(91)89-37-29-34-58(89)71(102-21)52(14)74(95)83-57(78-81-36-39-104-78)41-54-30-28-31-55(40-54)44-87(17)68(48(9)10)77(98)85-66(47(7)8)79(99)88(18)69(50(12)24-2)61(101-20)43-63(92)90-38-35-59(90)72(103-22)51(13)73(94)82-53(15)70(93)56-32-26-25-27-33-56/h25-28,30-33,36,39-40,45-53,57-61,64-72,80,93H,23-24,29,34-35,37-38,41-44H2,1-22H3,(H,82,94)(H,83,95)(H,84,96)(H,85,98)(H,86,97)/t49?,50?,51-,52-,53?,57+,58+,59+,60-,61-,64+,65+,66+,67+,68+,69+,70-,71-,72-/m1/s1. The molecule has 2 aliphatic rings. The molecule has 25 heteroatoms. The monoisotopic (exact) mass is 1470 g/mol. The summed E-state index contributed by atoms with van der Waals surface area (Å²) in [7, 11) is 11.5. The van der Waals surface area contributed by atoms with Crippen molar-refractivity contribution in [3.05, 3.63) is 87.9 Å². The van der Waals surface area contributed by atoms with Gasteiger partial charge in [0, 0.05) is 66.7 Å². The van der Waals surface area contributed by atoms with Crippen LogP contribution in [0.25, 0.3) is 0 Å². The van der Waals surface area contributed by atoms with E-state index in [0.717, 1.165) is 11.1 Å². The van der Waals surface area contributed by atoms with E-state index in [4.69, 9.17) is 18.9 Å². The molecule has 0 spiro atoms. The third-order valence-corrected chi connectivity index (χ3v) is 22.8. The van der Waals surface area contributed by atoms with Gasteiger partial charge in [0.2, 0.25) is 47.3 Å². The topological polar surface area (TPSA) is 292 Å². The number of aromatic nitrogens is 1. The van der Waals surface area contributed by atoms with Gasteiger partial charge in [-0.25, -0.2) is 4.98 Å². The van der Waals surface area contributed by atoms with Crippen molar-refractivity contribution in [2.45, 2.75) is 253 Å². The van der Waals surface area contributed by atoms with Crippen LogP contribution in [0, 0.1) is 47.3 Å². The van der Waals surface area contributed by atoms with E-state index in [1.165, 1.54) is 25.6 Å². The summed E-state index contributed by atoms with van der Waals surface area (Å²) in [6.45, 7) is 30.1. The molecule has 5 rings (SSSR count). The van der Waals surface area contributed by atoms with Gasteiger partial charge in [-0.2, -0.15) is 0 Å². The SMILES string of the molecule is CCC(C)[C@H](NC(=O)[C@@H](NC(=O)[C@@H](NC)C(C)C)C(C)C)[C@@H](CC(=O)N1CCC[C@H]1[C@H](OC)[C@@H](C)C(=O)N[C@@H](Cc1cccc(CN(C)[C@H](C(=O)N[C@H](C(=O)N(C)[C@@H](C(C)CC)[C@@H](CC(=O)N2CC[C@H]2[C@H](OC)[C@@H](C)C(=O)NC(C)[C@@H](O)c2ccccc2)OC)C(C)C)C(C)C)c1)c1nccs1)OC. The third kappa shape index (κ3) is 23.3. The summed E-state index contributed by atoms with van der Waals surface area (Å²) in [4.78, 5) is 126. The molecular weight excluding hydrogens is 1340 g/mol. The fraction of sp³-hybridized carbons (Fsp3) is 0.709. The van der Waals surface area contributed by atoms with E-state index in [2.05, 4.69) is 43.0 Å². The van der Waals surface area contributed by atoms with E-state index in [9.17, 15) is 38.7 Å². The quantitative estimate of drug-likeness (QED) is 0.0284. The smallest absolute Gasteiger partial charge is 0.245 e. The number of likely N-dealkylation sites (N-methyl/N-ethyl adjacent to an activating group) is 3. The van der Waals surface area contributed by atoms with E-state index in [0.29, 0.717) is 68.7 Å². The molecule has 2 fully saturated rings. The Morgan fingerprint density at radius 2 is 1.13 bits per heavy atom. The van der Waals surface area contributed by atoms with Crippen molar-refractivity contribution in [3.63, 3.8) is 0 Å². The Morgan fingerprint density at radius 1 is 0.596 bits per heavy atom. The maximum absolute atomic E-state index is 15.0. The third-order valence-electron chi connectivity index (χ3n) is 21.9. The number of carbonyl (C=O) groups is 8. The molecule has 3 aromatic rings. The molecule has 0 radical (unpaired) electrons. The van der Waals surface area contributed by atoms with Gasteiger partial charge in [-0.3, -0.25) is 43.3 Å². The number of ether oxygens (including phenoxy) is 4. The Bertz CT molecular complexity index is 3180. The number of benzene rings is 2. The van der Waals surface area contributed by atoms with Gasteiger partial charge >= 0.3 is 0 Å². The van der Waals surface area contributed by atoms with Gasteiger partial charge in [0.05, 0.1) is 104 Å². The summed E-state index contributed by atoms with van der Waals surface area (Å²) >= 11 is 1.44. The average Bonchev–Trinajstić information content (AvgIpc) is 1.37. The number of rotatable bonds is 43. The number of carbonyl (C=O) groups excluding carboxylic acids is 8. The molecule has 0 saturated carbocycles. The Hall–Kier alpha value is -6.45. The first kappa shape index (κ1) is 88.2. The molecule has 2 saturated heterocycles. The van der Waals surface area contributed by atoms with E-state index in [-0.39, 0.29) is 102 Å². The highest BCUT2D eigenvalue weighted by Crippen LogP contribution is 2.34. The van der Waals surface area contributed by atoms with Crippen LogP contribution in [0.1, 0.15) is 183 Å². The van der Waals surface area contributed by atoms with Crippen LogP contribution >= 0.6 is 11.3 Å². The first-order chi connectivity index (χ1) is 49.2. The number of nitrogens with one attached hydrogen (secondary N) is 6. The highest BCUT2D eigenvalue weighted by atomic mass is 32.1. The molecule has 2 aliphatic heterocycles. The zero-order valence-electron chi connectivity index (χ0n) is 66.4. The Labute approximate surface area is 625 Å². The van der Waals surface area contributed by atoms with Crippen LogP contribution in [-0.2, 0) is 70.3 Å². The zero-order chi connectivity index (χ0) is 77.6. The summed E-state index contributed by atoms with van der Waals surface area (Å²) in [5.41, 5.74) is 2.53. The molecule has 19 atom stereocenters. The van der Waals surface area contributed by atoms with Gasteiger partial charge in [-0.15, -0.1) is 11.3 Å². The van der Waals surface area contributed by atoms with E-state index < -0.39 is 96.7 Å². The van der Waals surface area contributed by atoms with Crippen molar-refractivity contribution >= 4 is 58.6 Å². The van der Waals surface area contributed by atoms with Crippen LogP contribution in [0.5, 0.6) is 0 Å². The summed E-state index contributed by atoms with van der Waals surface area (Å²) in [5.74, 6) is -4.47. The number of aliphatic hydroxyl groups excluding tert-OH is 1. The lowest BCUT2D eigenvalue weighted by Crippen LogP contribution is -2.62. The van der Waals surface area contributed by atoms with Gasteiger partial charge in [0.15, 0.2) is 0 Å². The molecule has 7 N–H and O–H groups in total. The van der Waals surface area contributed by atoms with Crippen molar-refractivity contribution < 1.29 is 62.4 Å². The zero-order valence-corrected chi connectivity index (χ0v) is 67.2. The van der Waals surface area contributed by atoms with Gasteiger partial charge in [-0.05, 0) is 98.9 Å². The number of hydrogen-bond acceptors (Lipinski definition) is 17. The van der Waals surface area contributed by atoms with Crippen molar-refractivity contribution in [2.24, 2.45) is 47.3 Å². The maximum atomic E-state index is 15.0. The average molecular weight is 1470 g/mol. The summed E-state index contributed by atoms with van der Waals surface area (Å²) in [5, 5.41) is 32.2. The van der Waals surface area contributed by atoms with Gasteiger partial charge < -0.3 is 70.7 Å². The molecular formula is C79H129N11O13S. The minimum absolute atomic E-state index is 0.00547. The van der Waals surface area contributed by atoms with E-state index >= 15 is 4.79 Å². The van der Waals surface area contributed by atoms with Crippen LogP contribution in [0.15, 0.2) is 66.2 Å². The lowest BCUT2D eigenvalue weighted by atomic mass is 9.86. The van der Waals surface area contributed by atoms with Crippen molar-refractivity contribution in [3.8, 4) is 0 Å². The van der Waals surface area contributed by atoms with Crippen LogP contribution in [0.3, 0.4) is 0 Å². The van der Waals surface area contributed by atoms with Crippen molar-refractivity contribution in [1.82, 2.24) is 56.5 Å². The largest absolute Gasteiger partial charge is 0.386 e. The fourth-order valence-electron chi connectivity index (χ4n) is 15.3. The van der Waals surface area contributed by atoms with Gasteiger partial charge in [-0.1, -0.05) is 164 Å². The summed E-state index contributed by atoms with van der Waals surface area (Å²) in [6.07, 6.45) is 1.69. The number of likely N-dealkylation sites (tertiary alicyclic amines) is 2. The molecule has 2 aromatic carbocycles. The summed E-state index contributed by atoms with van der Waals surface area (Å²) < 4.78 is 24.3. The number of thiazole rings is 1. The lowest BCUT2D eigenvalue weighted by Gasteiger charge is -2.47. The van der Waals surface area contributed by atoms with Crippen molar-refractivity contribution in [1.29, 1.82) is 0 Å². The van der Waals surface area contributed by atoms with Crippen LogP contribution in [0.4, 0.5) is 0 Å². The van der Waals surface area contributed by atoms with Crippen LogP contribution in [0.2, 0.25) is 0 Å².